The molecule has 2 aliphatic rings. The molecule has 7 heteroatoms. The molecule has 7 nitrogen and oxygen atoms in total. The molecule has 0 atom stereocenters. The zero-order valence-electron chi connectivity index (χ0n) is 22.4. The van der Waals surface area contributed by atoms with Crippen LogP contribution < -0.4 is 17.2 Å². The number of carbonyl (C=O) groups is 2. The number of allylic oxidation sites excluding steroid dienone is 1. The molecule has 36 heavy (non-hydrogen) atoms. The fourth-order valence-electron chi connectivity index (χ4n) is 5.64. The van der Waals surface area contributed by atoms with Crippen LogP contribution in [-0.2, 0) is 16.0 Å². The van der Waals surface area contributed by atoms with E-state index in [-0.39, 0.29) is 18.4 Å². The topological polar surface area (TPSA) is 119 Å². The maximum Gasteiger partial charge on any atom is 0.246 e. The Bertz CT molecular complexity index is 989. The maximum atomic E-state index is 11.9. The molecule has 0 aromatic heterocycles. The van der Waals surface area contributed by atoms with Gasteiger partial charge >= 0.3 is 0 Å². The molecule has 6 N–H and O–H groups in total. The first kappa shape index (κ1) is 27.9. The van der Waals surface area contributed by atoms with Crippen LogP contribution in [0.25, 0.3) is 6.08 Å². The molecule has 2 amide bonds. The van der Waals surface area contributed by atoms with E-state index in [1.54, 1.807) is 0 Å². The molecule has 198 valence electrons. The fraction of sp³-hybridized carbons (Fsp3) is 0.586. The van der Waals surface area contributed by atoms with Gasteiger partial charge in [-0.05, 0) is 73.6 Å². The second kappa shape index (κ2) is 12.5. The van der Waals surface area contributed by atoms with Crippen molar-refractivity contribution in [3.05, 3.63) is 52.2 Å². The number of hydrogen-bond donors (Lipinski definition) is 3. The smallest absolute Gasteiger partial charge is 0.246 e. The van der Waals surface area contributed by atoms with Crippen molar-refractivity contribution < 1.29 is 9.59 Å². The Kier molecular flexibility index (Phi) is 9.74. The van der Waals surface area contributed by atoms with Gasteiger partial charge in [-0.25, -0.2) is 0 Å². The SMILES string of the molecule is Cc1cc(/C=C/CCN2CCCC3(CCN(C(=O)CN)CC3)C2)ccc1C/C(C(N)=O)=C(/N)C(C)C. The average molecular weight is 496 g/mol. The monoisotopic (exact) mass is 495 g/mol. The van der Waals surface area contributed by atoms with Crippen LogP contribution in [0.15, 0.2) is 35.5 Å². The standard InChI is InChI=1S/C29H45N5O2/c1-21(2)27(31)25(28(32)36)18-24-9-8-23(17-22(24)3)7-4-5-13-33-14-6-10-29(20-33)11-15-34(16-12-29)26(35)19-30/h4,7-9,17,21H,5-6,10-16,18-20,30-31H2,1-3H3,(H2,32,36)/b7-4+,27-25-. The normalized spacial score (nSPS) is 19.2. The van der Waals surface area contributed by atoms with Gasteiger partial charge in [0, 0.05) is 43.9 Å². The van der Waals surface area contributed by atoms with Crippen molar-refractivity contribution in [2.24, 2.45) is 28.5 Å². The van der Waals surface area contributed by atoms with Gasteiger partial charge in [0.2, 0.25) is 11.8 Å². The summed E-state index contributed by atoms with van der Waals surface area (Å²) in [5.74, 6) is -0.285. The van der Waals surface area contributed by atoms with Crippen LogP contribution in [0.4, 0.5) is 0 Å². The lowest BCUT2D eigenvalue weighted by molar-refractivity contribution is -0.132. The molecule has 1 aromatic rings. The summed E-state index contributed by atoms with van der Waals surface area (Å²) >= 11 is 0. The van der Waals surface area contributed by atoms with E-state index in [0.29, 0.717) is 23.1 Å². The molecule has 2 heterocycles. The zero-order chi connectivity index (χ0) is 26.3. The minimum absolute atomic E-state index is 0.0791. The first-order chi connectivity index (χ1) is 17.1. The number of carbonyl (C=O) groups excluding carboxylic acids is 2. The van der Waals surface area contributed by atoms with Crippen molar-refractivity contribution in [2.75, 3.05) is 39.3 Å². The summed E-state index contributed by atoms with van der Waals surface area (Å²) < 4.78 is 0. The minimum Gasteiger partial charge on any atom is -0.401 e. The molecular formula is C29H45N5O2. The lowest BCUT2D eigenvalue weighted by Crippen LogP contribution is -2.51. The third-order valence-electron chi connectivity index (χ3n) is 8.02. The molecule has 0 aliphatic carbocycles. The van der Waals surface area contributed by atoms with Crippen molar-refractivity contribution in [2.45, 2.75) is 59.3 Å². The molecule has 0 unspecified atom stereocenters. The highest BCUT2D eigenvalue weighted by atomic mass is 16.2. The molecule has 0 radical (unpaired) electrons. The number of rotatable bonds is 9. The highest BCUT2D eigenvalue weighted by Gasteiger charge is 2.38. The summed E-state index contributed by atoms with van der Waals surface area (Å²) in [6, 6.07) is 6.32. The van der Waals surface area contributed by atoms with E-state index in [9.17, 15) is 9.59 Å². The van der Waals surface area contributed by atoms with Gasteiger partial charge in [0.25, 0.3) is 0 Å². The largest absolute Gasteiger partial charge is 0.401 e. The molecule has 2 saturated heterocycles. The number of nitrogens with zero attached hydrogens (tertiary/aromatic N) is 2. The van der Waals surface area contributed by atoms with E-state index in [2.05, 4.69) is 42.2 Å². The van der Waals surface area contributed by atoms with Crippen LogP contribution in [0, 0.1) is 18.3 Å². The summed E-state index contributed by atoms with van der Waals surface area (Å²) in [7, 11) is 0. The first-order valence-electron chi connectivity index (χ1n) is 13.4. The Morgan fingerprint density at radius 1 is 1.11 bits per heavy atom. The van der Waals surface area contributed by atoms with E-state index in [0.717, 1.165) is 68.7 Å². The Hall–Kier alpha value is -2.64. The number of benzene rings is 1. The van der Waals surface area contributed by atoms with Gasteiger partial charge < -0.3 is 27.0 Å². The Labute approximate surface area is 216 Å². The van der Waals surface area contributed by atoms with Crippen molar-refractivity contribution in [1.82, 2.24) is 9.80 Å². The Balaban J connectivity index is 1.52. The van der Waals surface area contributed by atoms with E-state index >= 15 is 0 Å². The highest BCUT2D eigenvalue weighted by molar-refractivity contribution is 5.93. The summed E-state index contributed by atoms with van der Waals surface area (Å²) in [5, 5.41) is 0. The van der Waals surface area contributed by atoms with E-state index in [1.165, 1.54) is 12.8 Å². The molecule has 2 aliphatic heterocycles. The van der Waals surface area contributed by atoms with Crippen LogP contribution in [0.5, 0.6) is 0 Å². The first-order valence-corrected chi connectivity index (χ1v) is 13.4. The lowest BCUT2D eigenvalue weighted by atomic mass is 9.72. The predicted octanol–water partition coefficient (Wildman–Crippen LogP) is 2.96. The molecule has 1 spiro atoms. The Morgan fingerprint density at radius 3 is 2.44 bits per heavy atom. The van der Waals surface area contributed by atoms with Crippen LogP contribution in [0.1, 0.15) is 62.6 Å². The van der Waals surface area contributed by atoms with Crippen molar-refractivity contribution in [3.63, 3.8) is 0 Å². The van der Waals surface area contributed by atoms with E-state index < -0.39 is 5.91 Å². The quantitative estimate of drug-likeness (QED) is 0.455. The van der Waals surface area contributed by atoms with Crippen LogP contribution in [-0.4, -0.2) is 60.9 Å². The predicted molar refractivity (Wildman–Crippen MR) is 147 cm³/mol. The van der Waals surface area contributed by atoms with Crippen molar-refractivity contribution in [1.29, 1.82) is 0 Å². The Morgan fingerprint density at radius 2 is 1.83 bits per heavy atom. The van der Waals surface area contributed by atoms with Crippen molar-refractivity contribution in [3.8, 4) is 0 Å². The second-order valence-electron chi connectivity index (χ2n) is 11.0. The van der Waals surface area contributed by atoms with Gasteiger partial charge in [0.15, 0.2) is 0 Å². The van der Waals surface area contributed by atoms with Gasteiger partial charge in [-0.1, -0.05) is 44.2 Å². The van der Waals surface area contributed by atoms with Gasteiger partial charge in [-0.3, -0.25) is 9.59 Å². The molecule has 2 fully saturated rings. The summed E-state index contributed by atoms with van der Waals surface area (Å²) in [4.78, 5) is 28.4. The van der Waals surface area contributed by atoms with Gasteiger partial charge in [-0.15, -0.1) is 0 Å². The van der Waals surface area contributed by atoms with E-state index in [4.69, 9.17) is 17.2 Å². The van der Waals surface area contributed by atoms with Crippen LogP contribution >= 0.6 is 0 Å². The number of primary amides is 1. The number of aryl methyl sites for hydroxylation is 1. The third-order valence-corrected chi connectivity index (χ3v) is 8.02. The number of hydrogen-bond acceptors (Lipinski definition) is 5. The number of likely N-dealkylation sites (tertiary alicyclic amines) is 2. The van der Waals surface area contributed by atoms with Crippen LogP contribution in [0.3, 0.4) is 0 Å². The number of piperidine rings is 2. The van der Waals surface area contributed by atoms with Crippen molar-refractivity contribution >= 4 is 17.9 Å². The second-order valence-corrected chi connectivity index (χ2v) is 11.0. The average Bonchev–Trinajstić information content (AvgIpc) is 2.85. The third kappa shape index (κ3) is 7.20. The minimum atomic E-state index is -0.446. The van der Waals surface area contributed by atoms with Crippen LogP contribution in [0.2, 0.25) is 0 Å². The summed E-state index contributed by atoms with van der Waals surface area (Å²) in [6.07, 6.45) is 10.6. The van der Waals surface area contributed by atoms with Gasteiger partial charge in [-0.2, -0.15) is 0 Å². The fourth-order valence-corrected chi connectivity index (χ4v) is 5.64. The maximum absolute atomic E-state index is 11.9. The number of amides is 2. The number of nitrogens with two attached hydrogens (primary N) is 3. The summed E-state index contributed by atoms with van der Waals surface area (Å²) in [5.41, 5.74) is 22.1. The highest BCUT2D eigenvalue weighted by Crippen LogP contribution is 2.39. The molecule has 3 rings (SSSR count). The van der Waals surface area contributed by atoms with E-state index in [1.807, 2.05) is 18.7 Å². The zero-order valence-corrected chi connectivity index (χ0v) is 22.4. The molecule has 0 saturated carbocycles. The molecule has 1 aromatic carbocycles. The van der Waals surface area contributed by atoms with Gasteiger partial charge in [0.1, 0.15) is 0 Å². The summed E-state index contributed by atoms with van der Waals surface area (Å²) in [6.45, 7) is 11.2. The molecular weight excluding hydrogens is 450 g/mol. The van der Waals surface area contributed by atoms with Gasteiger partial charge in [0.05, 0.1) is 6.54 Å². The molecule has 0 bridgehead atoms. The lowest BCUT2D eigenvalue weighted by Gasteiger charge is -2.47.